The van der Waals surface area contributed by atoms with Gasteiger partial charge in [0, 0.05) is 25.2 Å². The summed E-state index contributed by atoms with van der Waals surface area (Å²) in [5, 5.41) is 11.7. The topological polar surface area (TPSA) is 80.3 Å². The maximum absolute atomic E-state index is 8.70. The Labute approximate surface area is 118 Å². The van der Waals surface area contributed by atoms with Gasteiger partial charge in [-0.2, -0.15) is 0 Å². The van der Waals surface area contributed by atoms with Crippen molar-refractivity contribution in [3.8, 4) is 5.75 Å². The largest absolute Gasteiger partial charge is 0.492 e. The van der Waals surface area contributed by atoms with Gasteiger partial charge in [0.05, 0.1) is 13.2 Å². The average molecular weight is 279 g/mol. The third-order valence-corrected chi connectivity index (χ3v) is 3.36. The van der Waals surface area contributed by atoms with Crippen LogP contribution in [-0.2, 0) is 4.74 Å². The molecule has 0 radical (unpaired) electrons. The lowest BCUT2D eigenvalue weighted by molar-refractivity contribution is 0.0322. The molecule has 0 aliphatic carbocycles. The van der Waals surface area contributed by atoms with Gasteiger partial charge in [-0.1, -0.05) is 17.3 Å². The van der Waals surface area contributed by atoms with Crippen molar-refractivity contribution in [1.82, 2.24) is 4.90 Å². The molecule has 1 heterocycles. The number of nitrogens with zero attached hydrogens (tertiary/aromatic N) is 2. The lowest BCUT2D eigenvalue weighted by Gasteiger charge is -2.26. The quantitative estimate of drug-likeness (QED) is 0.361. The Morgan fingerprint density at radius 2 is 2.20 bits per heavy atom. The minimum atomic E-state index is 0.0861. The van der Waals surface area contributed by atoms with Crippen molar-refractivity contribution >= 4 is 5.84 Å². The molecule has 0 unspecified atom stereocenters. The van der Waals surface area contributed by atoms with Crippen LogP contribution in [0.2, 0.25) is 0 Å². The number of amidine groups is 1. The molecule has 1 aliphatic rings. The molecular weight excluding hydrogens is 258 g/mol. The number of oxime groups is 1. The molecule has 6 nitrogen and oxygen atoms in total. The van der Waals surface area contributed by atoms with Crippen LogP contribution in [0.1, 0.15) is 11.1 Å². The van der Waals surface area contributed by atoms with Gasteiger partial charge in [0.2, 0.25) is 0 Å². The predicted octanol–water partition coefficient (Wildman–Crippen LogP) is 0.801. The molecule has 110 valence electrons. The van der Waals surface area contributed by atoms with Gasteiger partial charge in [-0.25, -0.2) is 0 Å². The molecule has 20 heavy (non-hydrogen) atoms. The van der Waals surface area contributed by atoms with Crippen molar-refractivity contribution in [1.29, 1.82) is 0 Å². The van der Waals surface area contributed by atoms with Crippen LogP contribution >= 0.6 is 0 Å². The molecule has 6 heteroatoms. The molecule has 0 bridgehead atoms. The Morgan fingerprint density at radius 1 is 1.45 bits per heavy atom. The van der Waals surface area contributed by atoms with E-state index in [1.807, 2.05) is 13.0 Å². The highest BCUT2D eigenvalue weighted by Crippen LogP contribution is 2.19. The van der Waals surface area contributed by atoms with Gasteiger partial charge in [0.1, 0.15) is 12.4 Å². The number of hydrogen-bond acceptors (Lipinski definition) is 5. The van der Waals surface area contributed by atoms with Crippen LogP contribution in [0.4, 0.5) is 0 Å². The van der Waals surface area contributed by atoms with Crippen LogP contribution in [-0.4, -0.2) is 55.4 Å². The fraction of sp³-hybridized carbons (Fsp3) is 0.500. The van der Waals surface area contributed by atoms with Gasteiger partial charge in [-0.3, -0.25) is 4.90 Å². The zero-order valence-electron chi connectivity index (χ0n) is 11.7. The first-order valence-electron chi connectivity index (χ1n) is 6.72. The van der Waals surface area contributed by atoms with Crippen LogP contribution < -0.4 is 10.5 Å². The monoisotopic (exact) mass is 279 g/mol. The standard InChI is InChI=1S/C14H21N3O3/c1-11-2-3-12(14(15)16-18)10-13(11)20-9-6-17-4-7-19-8-5-17/h2-3,10,18H,4-9H2,1H3,(H2,15,16). The van der Waals surface area contributed by atoms with E-state index in [0.717, 1.165) is 44.2 Å². The first kappa shape index (κ1) is 14.6. The molecule has 1 aromatic carbocycles. The summed E-state index contributed by atoms with van der Waals surface area (Å²) in [6, 6.07) is 5.50. The minimum absolute atomic E-state index is 0.0861. The summed E-state index contributed by atoms with van der Waals surface area (Å²) >= 11 is 0. The van der Waals surface area contributed by atoms with E-state index in [2.05, 4.69) is 10.1 Å². The number of rotatable bonds is 5. The summed E-state index contributed by atoms with van der Waals surface area (Å²) in [4.78, 5) is 2.31. The molecule has 1 aromatic rings. The number of hydrogen-bond donors (Lipinski definition) is 2. The van der Waals surface area contributed by atoms with Crippen molar-refractivity contribution in [3.63, 3.8) is 0 Å². The van der Waals surface area contributed by atoms with Gasteiger partial charge in [-0.15, -0.1) is 0 Å². The summed E-state index contributed by atoms with van der Waals surface area (Å²) in [7, 11) is 0. The van der Waals surface area contributed by atoms with Crippen LogP contribution in [0.25, 0.3) is 0 Å². The highest BCUT2D eigenvalue weighted by atomic mass is 16.5. The smallest absolute Gasteiger partial charge is 0.170 e. The molecule has 0 amide bonds. The normalized spacial score (nSPS) is 17.1. The fourth-order valence-electron chi connectivity index (χ4n) is 2.08. The van der Waals surface area contributed by atoms with E-state index >= 15 is 0 Å². The van der Waals surface area contributed by atoms with Crippen molar-refractivity contribution < 1.29 is 14.7 Å². The van der Waals surface area contributed by atoms with Gasteiger partial charge < -0.3 is 20.4 Å². The van der Waals surface area contributed by atoms with E-state index in [9.17, 15) is 0 Å². The average Bonchev–Trinajstić information content (AvgIpc) is 2.49. The number of benzene rings is 1. The first-order valence-corrected chi connectivity index (χ1v) is 6.72. The highest BCUT2D eigenvalue weighted by Gasteiger charge is 2.10. The summed E-state index contributed by atoms with van der Waals surface area (Å²) < 4.78 is 11.1. The number of morpholine rings is 1. The Hall–Kier alpha value is -1.79. The predicted molar refractivity (Wildman–Crippen MR) is 76.4 cm³/mol. The molecule has 0 aromatic heterocycles. The highest BCUT2D eigenvalue weighted by molar-refractivity contribution is 5.97. The number of aryl methyl sites for hydroxylation is 1. The maximum atomic E-state index is 8.70. The van der Waals surface area contributed by atoms with Crippen LogP contribution in [0, 0.1) is 6.92 Å². The Kier molecular flexibility index (Phi) is 5.20. The second-order valence-electron chi connectivity index (χ2n) is 4.77. The molecule has 1 fully saturated rings. The molecule has 0 saturated carbocycles. The third-order valence-electron chi connectivity index (χ3n) is 3.36. The molecule has 1 saturated heterocycles. The first-order chi connectivity index (χ1) is 9.70. The lowest BCUT2D eigenvalue weighted by atomic mass is 10.1. The summed E-state index contributed by atoms with van der Waals surface area (Å²) in [6.45, 7) is 6.94. The van der Waals surface area contributed by atoms with Crippen molar-refractivity contribution in [2.75, 3.05) is 39.5 Å². The second-order valence-corrected chi connectivity index (χ2v) is 4.77. The van der Waals surface area contributed by atoms with Crippen LogP contribution in [0.15, 0.2) is 23.4 Å². The third kappa shape index (κ3) is 3.85. The van der Waals surface area contributed by atoms with Crippen LogP contribution in [0.3, 0.4) is 0 Å². The zero-order chi connectivity index (χ0) is 14.4. The molecular formula is C14H21N3O3. The molecule has 3 N–H and O–H groups in total. The number of nitrogens with two attached hydrogens (primary N) is 1. The maximum Gasteiger partial charge on any atom is 0.170 e. The van der Waals surface area contributed by atoms with Gasteiger partial charge in [0.25, 0.3) is 0 Å². The Morgan fingerprint density at radius 3 is 2.90 bits per heavy atom. The molecule has 0 atom stereocenters. The SMILES string of the molecule is Cc1ccc(/C(N)=N/O)cc1OCCN1CCOCC1. The van der Waals surface area contributed by atoms with Gasteiger partial charge in [-0.05, 0) is 18.6 Å². The molecule has 0 spiro atoms. The van der Waals surface area contributed by atoms with E-state index in [0.29, 0.717) is 12.2 Å². The zero-order valence-corrected chi connectivity index (χ0v) is 11.7. The van der Waals surface area contributed by atoms with Crippen molar-refractivity contribution in [2.24, 2.45) is 10.9 Å². The van der Waals surface area contributed by atoms with E-state index in [1.54, 1.807) is 12.1 Å². The summed E-state index contributed by atoms with van der Waals surface area (Å²) in [5.41, 5.74) is 7.26. The second kappa shape index (κ2) is 7.12. The molecule has 2 rings (SSSR count). The van der Waals surface area contributed by atoms with E-state index in [4.69, 9.17) is 20.4 Å². The number of ether oxygens (including phenoxy) is 2. The lowest BCUT2D eigenvalue weighted by Crippen LogP contribution is -2.38. The Bertz CT molecular complexity index is 471. The summed E-state index contributed by atoms with van der Waals surface area (Å²) in [5.74, 6) is 0.852. The molecule has 1 aliphatic heterocycles. The van der Waals surface area contributed by atoms with Gasteiger partial charge in [0.15, 0.2) is 5.84 Å². The summed E-state index contributed by atoms with van der Waals surface area (Å²) in [6.07, 6.45) is 0. The Balaban J connectivity index is 1.91. The van der Waals surface area contributed by atoms with E-state index in [-0.39, 0.29) is 5.84 Å². The van der Waals surface area contributed by atoms with Crippen molar-refractivity contribution in [3.05, 3.63) is 29.3 Å². The minimum Gasteiger partial charge on any atom is -0.492 e. The van der Waals surface area contributed by atoms with Crippen LogP contribution in [0.5, 0.6) is 5.75 Å². The van der Waals surface area contributed by atoms with E-state index < -0.39 is 0 Å². The van der Waals surface area contributed by atoms with Gasteiger partial charge >= 0.3 is 0 Å². The van der Waals surface area contributed by atoms with Crippen molar-refractivity contribution in [2.45, 2.75) is 6.92 Å². The van der Waals surface area contributed by atoms with E-state index in [1.165, 1.54) is 0 Å². The fourth-order valence-corrected chi connectivity index (χ4v) is 2.08.